The predicted octanol–water partition coefficient (Wildman–Crippen LogP) is 2.81. The number of ketones is 2. The molecule has 0 spiro atoms. The summed E-state index contributed by atoms with van der Waals surface area (Å²) >= 11 is 0. The Bertz CT molecular complexity index is 1540. The van der Waals surface area contributed by atoms with Gasteiger partial charge in [0.15, 0.2) is 11.4 Å². The van der Waals surface area contributed by atoms with Gasteiger partial charge in [0.25, 0.3) is 5.91 Å². The number of likely N-dealkylation sites (N-methyl/N-ethyl adjacent to an activating group) is 1. The van der Waals surface area contributed by atoms with Gasteiger partial charge in [0.1, 0.15) is 22.8 Å². The van der Waals surface area contributed by atoms with Crippen molar-refractivity contribution in [1.82, 2.24) is 4.90 Å². The molecule has 3 aliphatic carbocycles. The molecule has 2 aromatic carbocycles. The Kier molecular flexibility index (Phi) is 6.12. The fraction of sp³-hybridized carbons (Fsp3) is 0.321. The Morgan fingerprint density at radius 3 is 2.23 bits per heavy atom. The van der Waals surface area contributed by atoms with E-state index >= 15 is 0 Å². The minimum absolute atomic E-state index is 0.0132. The first-order valence-electron chi connectivity index (χ1n) is 12.3. The highest BCUT2D eigenvalue weighted by Gasteiger charge is 2.63. The number of nitrogens with two attached hydrogens (primary N) is 1. The molecule has 0 saturated heterocycles. The largest absolute Gasteiger partial charge is 0.510 e. The minimum atomic E-state index is -4.55. The van der Waals surface area contributed by atoms with Crippen LogP contribution >= 0.6 is 0 Å². The normalized spacial score (nSPS) is 26.5. The number of halogens is 3. The molecule has 0 bridgehead atoms. The molecule has 0 fully saturated rings. The van der Waals surface area contributed by atoms with Gasteiger partial charge in [-0.15, -0.1) is 0 Å². The van der Waals surface area contributed by atoms with E-state index < -0.39 is 75.5 Å². The number of aromatic hydroxyl groups is 1. The van der Waals surface area contributed by atoms with Crippen molar-refractivity contribution in [2.45, 2.75) is 30.7 Å². The molecule has 5 rings (SSSR count). The van der Waals surface area contributed by atoms with Crippen LogP contribution < -0.4 is 5.73 Å². The summed E-state index contributed by atoms with van der Waals surface area (Å²) in [5, 5.41) is 44.4. The maximum Gasteiger partial charge on any atom is 0.416 e. The van der Waals surface area contributed by atoms with E-state index in [1.807, 2.05) is 0 Å². The van der Waals surface area contributed by atoms with Gasteiger partial charge in [-0.1, -0.05) is 18.2 Å². The van der Waals surface area contributed by atoms with Gasteiger partial charge in [0, 0.05) is 11.5 Å². The molecule has 0 aliphatic heterocycles. The summed E-state index contributed by atoms with van der Waals surface area (Å²) in [6.45, 7) is 0. The molecule has 40 heavy (non-hydrogen) atoms. The van der Waals surface area contributed by atoms with Crippen LogP contribution in [0.3, 0.4) is 0 Å². The van der Waals surface area contributed by atoms with Gasteiger partial charge in [0.2, 0.25) is 5.78 Å². The van der Waals surface area contributed by atoms with Gasteiger partial charge in [0.05, 0.1) is 17.2 Å². The van der Waals surface area contributed by atoms with E-state index in [4.69, 9.17) is 5.73 Å². The Labute approximate surface area is 225 Å². The molecule has 0 unspecified atom stereocenters. The van der Waals surface area contributed by atoms with Crippen molar-refractivity contribution in [2.24, 2.45) is 17.6 Å². The van der Waals surface area contributed by atoms with Crippen LogP contribution in [0.15, 0.2) is 59.1 Å². The standard InChI is InChI=1S/C28H25F3N2O7/c1-33(2)21-16-10-12-9-15-14(11-3-5-13(6-4-11)28(29,30)31)7-8-17(34)19(15)22(35)18(12)24(37)27(16,40)25(38)20(23(21)36)26(32)39/h3-8,12,16,21,34,36-37,40H,9-10H2,1-2H3,(H2,32,39)/t12-,16-,21-,27-/m1/s1. The maximum atomic E-state index is 13.8. The zero-order valence-corrected chi connectivity index (χ0v) is 21.3. The van der Waals surface area contributed by atoms with Crippen LogP contribution in [0.5, 0.6) is 5.75 Å². The first-order valence-corrected chi connectivity index (χ1v) is 12.3. The number of amides is 1. The van der Waals surface area contributed by atoms with Gasteiger partial charge in [-0.2, -0.15) is 13.2 Å². The Balaban J connectivity index is 1.68. The number of phenolic OH excluding ortho intramolecular Hbond substituents is 1. The lowest BCUT2D eigenvalue weighted by atomic mass is 9.58. The first-order chi connectivity index (χ1) is 18.6. The zero-order chi connectivity index (χ0) is 29.5. The number of nitrogens with zero attached hydrogens (tertiary/aromatic N) is 1. The van der Waals surface area contributed by atoms with E-state index in [9.17, 15) is 48.0 Å². The Hall–Kier alpha value is -4.16. The molecular formula is C28H25F3N2O7. The zero-order valence-electron chi connectivity index (χ0n) is 21.3. The number of phenols is 1. The highest BCUT2D eigenvalue weighted by atomic mass is 19.4. The minimum Gasteiger partial charge on any atom is -0.510 e. The van der Waals surface area contributed by atoms with Gasteiger partial charge in [-0.05, 0) is 67.7 Å². The maximum absolute atomic E-state index is 13.8. The number of hydrogen-bond donors (Lipinski definition) is 5. The van der Waals surface area contributed by atoms with E-state index in [-0.39, 0.29) is 24.0 Å². The van der Waals surface area contributed by atoms with Crippen molar-refractivity contribution in [2.75, 3.05) is 14.1 Å². The van der Waals surface area contributed by atoms with Gasteiger partial charge >= 0.3 is 6.18 Å². The number of fused-ring (bicyclic) bond motifs is 3. The summed E-state index contributed by atoms with van der Waals surface area (Å²) in [7, 11) is 3.04. The average Bonchev–Trinajstić information content (AvgIpc) is 2.85. The first kappa shape index (κ1) is 27.4. The summed E-state index contributed by atoms with van der Waals surface area (Å²) in [6, 6.07) is 5.83. The number of carbonyl (C=O) groups is 3. The third kappa shape index (κ3) is 3.74. The number of aliphatic hydroxyl groups excluding tert-OH is 2. The lowest BCUT2D eigenvalue weighted by Gasteiger charge is -2.50. The fourth-order valence-corrected chi connectivity index (χ4v) is 6.36. The van der Waals surface area contributed by atoms with Crippen LogP contribution in [0.1, 0.15) is 27.9 Å². The number of alkyl halides is 3. The number of aliphatic hydroxyl groups is 3. The SMILES string of the molecule is CN(C)[C@H]1C(O)=C(C(N)=O)C(=O)[C@]2(O)C(O)=C3C(=O)c4c(O)ccc(-c5ccc(C(F)(F)F)cc5)c4C[C@@H]3C[C@H]12. The van der Waals surface area contributed by atoms with Crippen LogP contribution in [0.4, 0.5) is 13.2 Å². The Morgan fingerprint density at radius 2 is 1.68 bits per heavy atom. The molecule has 4 atom stereocenters. The molecule has 12 heteroatoms. The number of primary amides is 1. The second-order valence-corrected chi connectivity index (χ2v) is 10.5. The molecule has 0 radical (unpaired) electrons. The van der Waals surface area contributed by atoms with Gasteiger partial charge in [-0.25, -0.2) is 0 Å². The highest BCUT2D eigenvalue weighted by Crippen LogP contribution is 2.53. The molecule has 210 valence electrons. The van der Waals surface area contributed by atoms with Crippen molar-refractivity contribution in [3.63, 3.8) is 0 Å². The third-order valence-electron chi connectivity index (χ3n) is 8.13. The van der Waals surface area contributed by atoms with Gasteiger partial charge in [-0.3, -0.25) is 19.3 Å². The molecule has 9 nitrogen and oxygen atoms in total. The number of rotatable bonds is 3. The number of carbonyl (C=O) groups excluding carboxylic acids is 3. The van der Waals surface area contributed by atoms with E-state index in [0.29, 0.717) is 16.7 Å². The van der Waals surface area contributed by atoms with E-state index in [2.05, 4.69) is 0 Å². The molecule has 0 saturated carbocycles. The van der Waals surface area contributed by atoms with E-state index in [1.165, 1.54) is 43.3 Å². The quantitative estimate of drug-likeness (QED) is 0.360. The lowest BCUT2D eigenvalue weighted by Crippen LogP contribution is -2.63. The topological polar surface area (TPSA) is 161 Å². The molecule has 0 heterocycles. The predicted molar refractivity (Wildman–Crippen MR) is 134 cm³/mol. The number of benzene rings is 2. The monoisotopic (exact) mass is 558 g/mol. The fourth-order valence-electron chi connectivity index (χ4n) is 6.36. The van der Waals surface area contributed by atoms with Crippen LogP contribution in [0.25, 0.3) is 11.1 Å². The average molecular weight is 559 g/mol. The summed E-state index contributed by atoms with van der Waals surface area (Å²) in [5.74, 6) is -7.67. The summed E-state index contributed by atoms with van der Waals surface area (Å²) in [5.41, 5.74) is 1.31. The lowest BCUT2D eigenvalue weighted by molar-refractivity contribution is -0.148. The molecular weight excluding hydrogens is 533 g/mol. The number of hydrogen-bond acceptors (Lipinski definition) is 8. The van der Waals surface area contributed by atoms with E-state index in [1.54, 1.807) is 0 Å². The van der Waals surface area contributed by atoms with Crippen molar-refractivity contribution < 1.29 is 48.0 Å². The highest BCUT2D eigenvalue weighted by molar-refractivity contribution is 6.24. The Morgan fingerprint density at radius 1 is 1.05 bits per heavy atom. The molecule has 6 N–H and O–H groups in total. The van der Waals surface area contributed by atoms with Crippen molar-refractivity contribution in [3.8, 4) is 16.9 Å². The molecule has 3 aliphatic rings. The molecule has 0 aromatic heterocycles. The van der Waals surface area contributed by atoms with Crippen LogP contribution in [0, 0.1) is 11.8 Å². The second kappa shape index (κ2) is 8.93. The van der Waals surface area contributed by atoms with Crippen molar-refractivity contribution >= 4 is 17.5 Å². The number of Topliss-reactive ketones (excluding diaryl/α,β-unsaturated/α-hetero) is 2. The van der Waals surface area contributed by atoms with Crippen LogP contribution in [-0.2, 0) is 22.2 Å². The summed E-state index contributed by atoms with van der Waals surface area (Å²) in [4.78, 5) is 40.6. The number of allylic oxidation sites excluding steroid dienone is 1. The van der Waals surface area contributed by atoms with Crippen molar-refractivity contribution in [3.05, 3.63) is 75.8 Å². The smallest absolute Gasteiger partial charge is 0.416 e. The van der Waals surface area contributed by atoms with Crippen LogP contribution in [0.2, 0.25) is 0 Å². The molecule has 1 amide bonds. The third-order valence-corrected chi connectivity index (χ3v) is 8.13. The second-order valence-electron chi connectivity index (χ2n) is 10.5. The van der Waals surface area contributed by atoms with E-state index in [0.717, 1.165) is 12.1 Å². The summed E-state index contributed by atoms with van der Waals surface area (Å²) in [6.07, 6.45) is -4.64. The van der Waals surface area contributed by atoms with Gasteiger partial charge < -0.3 is 26.2 Å². The summed E-state index contributed by atoms with van der Waals surface area (Å²) < 4.78 is 39.3. The molecule has 2 aromatic rings. The van der Waals surface area contributed by atoms with Crippen molar-refractivity contribution in [1.29, 1.82) is 0 Å². The van der Waals surface area contributed by atoms with Crippen LogP contribution in [-0.4, -0.2) is 68.5 Å².